The predicted octanol–water partition coefficient (Wildman–Crippen LogP) is 3.11. The minimum absolute atomic E-state index is 0.0780. The van der Waals surface area contributed by atoms with E-state index in [0.717, 1.165) is 22.0 Å². The Hall–Kier alpha value is -5.18. The van der Waals surface area contributed by atoms with Crippen LogP contribution in [0.25, 0.3) is 11.2 Å². The normalized spacial score (nSPS) is 20.3. The summed E-state index contributed by atoms with van der Waals surface area (Å²) in [5.41, 5.74) is 13.9. The molecule has 1 aliphatic heterocycles. The minimum Gasteiger partial charge on any atom is -0.497 e. The number of carbonyl (C=O) groups is 1. The van der Waals surface area contributed by atoms with Crippen molar-refractivity contribution in [1.82, 2.24) is 19.5 Å². The number of fused-ring (bicyclic) bond motifs is 1. The molecule has 4 atom stereocenters. The maximum absolute atomic E-state index is 15.2. The molecule has 238 valence electrons. The third-order valence-electron chi connectivity index (χ3n) is 8.17. The van der Waals surface area contributed by atoms with E-state index in [-0.39, 0.29) is 22.9 Å². The lowest BCUT2D eigenvalue weighted by atomic mass is 9.76. The zero-order chi connectivity index (χ0) is 32.8. The SMILES string of the molecule is COc1ccc(C(Nc2nc(N)nc3c2ncn3[C@@H]2O[C@H](CO)[C@@H](O)C2(F)F)(c2ccc(C)cc2)c2ccc(C(N)=O)cc2)cc1. The Bertz CT molecular complexity index is 1880. The number of rotatable bonds is 9. The van der Waals surface area contributed by atoms with Crippen LogP contribution in [0.1, 0.15) is 38.8 Å². The molecule has 5 aromatic rings. The summed E-state index contributed by atoms with van der Waals surface area (Å²) in [5.74, 6) is -3.93. The molecular weight excluding hydrogens is 600 g/mol. The number of nitrogens with one attached hydrogen (secondary N) is 1. The van der Waals surface area contributed by atoms with Crippen molar-refractivity contribution in [2.24, 2.45) is 5.73 Å². The lowest BCUT2D eigenvalue weighted by molar-refractivity contribution is -0.138. The number of nitrogens with two attached hydrogens (primary N) is 2. The molecule has 7 N–H and O–H groups in total. The second-order valence-electron chi connectivity index (χ2n) is 11.0. The number of benzene rings is 3. The fourth-order valence-corrected chi connectivity index (χ4v) is 5.73. The third-order valence-corrected chi connectivity index (χ3v) is 8.17. The zero-order valence-electron chi connectivity index (χ0n) is 24.8. The van der Waals surface area contributed by atoms with Gasteiger partial charge in [0.25, 0.3) is 0 Å². The highest BCUT2D eigenvalue weighted by molar-refractivity contribution is 5.93. The summed E-state index contributed by atoms with van der Waals surface area (Å²) in [6.07, 6.45) is -4.72. The number of nitrogen functional groups attached to an aromatic ring is 1. The van der Waals surface area contributed by atoms with Crippen LogP contribution in [0.5, 0.6) is 5.75 Å². The molecule has 1 unspecified atom stereocenters. The maximum Gasteiger partial charge on any atom is 0.320 e. The first-order chi connectivity index (χ1) is 22.0. The smallest absolute Gasteiger partial charge is 0.320 e. The van der Waals surface area contributed by atoms with Crippen LogP contribution < -0.4 is 21.5 Å². The molecule has 0 aliphatic carbocycles. The van der Waals surface area contributed by atoms with Gasteiger partial charge >= 0.3 is 5.92 Å². The van der Waals surface area contributed by atoms with Gasteiger partial charge in [0, 0.05) is 5.56 Å². The number of alkyl halides is 2. The van der Waals surface area contributed by atoms with E-state index in [1.165, 1.54) is 0 Å². The number of aliphatic hydroxyl groups is 2. The second-order valence-corrected chi connectivity index (χ2v) is 11.0. The van der Waals surface area contributed by atoms with Gasteiger partial charge in [0.15, 0.2) is 23.1 Å². The predicted molar refractivity (Wildman–Crippen MR) is 164 cm³/mol. The summed E-state index contributed by atoms with van der Waals surface area (Å²) in [6, 6.07) is 21.7. The Morgan fingerprint density at radius 2 is 1.63 bits per heavy atom. The Labute approximate surface area is 261 Å². The fraction of sp³-hybridized carbons (Fsp3) is 0.250. The van der Waals surface area contributed by atoms with Gasteiger partial charge in [-0.2, -0.15) is 18.7 Å². The van der Waals surface area contributed by atoms with Crippen molar-refractivity contribution >= 4 is 28.8 Å². The molecule has 0 saturated carbocycles. The van der Waals surface area contributed by atoms with Crippen molar-refractivity contribution in [1.29, 1.82) is 0 Å². The van der Waals surface area contributed by atoms with Gasteiger partial charge in [-0.05, 0) is 47.9 Å². The number of halogens is 2. The van der Waals surface area contributed by atoms with E-state index < -0.39 is 42.4 Å². The van der Waals surface area contributed by atoms with Crippen molar-refractivity contribution in [3.63, 3.8) is 0 Å². The molecule has 3 heterocycles. The van der Waals surface area contributed by atoms with Crippen molar-refractivity contribution in [3.05, 3.63) is 107 Å². The second kappa shape index (κ2) is 11.6. The van der Waals surface area contributed by atoms with Gasteiger partial charge in [0.2, 0.25) is 18.1 Å². The quantitative estimate of drug-likeness (QED) is 0.152. The number of methoxy groups -OCH3 is 1. The van der Waals surface area contributed by atoms with Gasteiger partial charge in [-0.3, -0.25) is 9.36 Å². The number of aromatic nitrogens is 4. The number of aliphatic hydroxyl groups excluding tert-OH is 2. The number of anilines is 2. The number of amides is 1. The molecule has 6 rings (SSSR count). The molecule has 1 fully saturated rings. The number of carbonyl (C=O) groups excluding carboxylic acids is 1. The Balaban J connectivity index is 1.59. The first kappa shape index (κ1) is 30.8. The van der Waals surface area contributed by atoms with Gasteiger partial charge in [0.05, 0.1) is 20.0 Å². The van der Waals surface area contributed by atoms with Crippen molar-refractivity contribution in [2.75, 3.05) is 24.8 Å². The summed E-state index contributed by atoms with van der Waals surface area (Å²) >= 11 is 0. The van der Waals surface area contributed by atoms with Crippen molar-refractivity contribution in [2.45, 2.75) is 36.8 Å². The van der Waals surface area contributed by atoms with Gasteiger partial charge in [-0.25, -0.2) is 4.98 Å². The molecule has 1 amide bonds. The summed E-state index contributed by atoms with van der Waals surface area (Å²) in [5, 5.41) is 23.1. The molecule has 12 nitrogen and oxygen atoms in total. The van der Waals surface area contributed by atoms with E-state index >= 15 is 8.78 Å². The van der Waals surface area contributed by atoms with Crippen LogP contribution in [-0.2, 0) is 10.3 Å². The monoisotopic (exact) mass is 631 g/mol. The van der Waals surface area contributed by atoms with Gasteiger partial charge in [0.1, 0.15) is 17.4 Å². The maximum atomic E-state index is 15.2. The highest BCUT2D eigenvalue weighted by Gasteiger charge is 2.59. The summed E-state index contributed by atoms with van der Waals surface area (Å²) in [6.45, 7) is 1.13. The number of aryl methyl sites for hydroxylation is 1. The van der Waals surface area contributed by atoms with Crippen LogP contribution in [0.15, 0.2) is 79.1 Å². The largest absolute Gasteiger partial charge is 0.497 e. The molecule has 0 bridgehead atoms. The summed E-state index contributed by atoms with van der Waals surface area (Å²) in [4.78, 5) is 25.0. The van der Waals surface area contributed by atoms with Gasteiger partial charge in [-0.15, -0.1) is 0 Å². The van der Waals surface area contributed by atoms with Crippen LogP contribution in [0.4, 0.5) is 20.5 Å². The number of hydrogen-bond donors (Lipinski definition) is 5. The number of nitrogens with zero attached hydrogens (tertiary/aromatic N) is 4. The first-order valence-electron chi connectivity index (χ1n) is 14.2. The lowest BCUT2D eigenvalue weighted by Crippen LogP contribution is -2.39. The topological polar surface area (TPSA) is 184 Å². The molecule has 0 spiro atoms. The van der Waals surface area contributed by atoms with Crippen molar-refractivity contribution < 1.29 is 33.3 Å². The molecule has 0 radical (unpaired) electrons. The van der Waals surface area contributed by atoms with E-state index in [4.69, 9.17) is 20.9 Å². The van der Waals surface area contributed by atoms with Crippen LogP contribution in [0.3, 0.4) is 0 Å². The van der Waals surface area contributed by atoms with Crippen LogP contribution in [0.2, 0.25) is 0 Å². The van der Waals surface area contributed by atoms with E-state index in [1.54, 1.807) is 43.5 Å². The lowest BCUT2D eigenvalue weighted by Gasteiger charge is -2.37. The summed E-state index contributed by atoms with van der Waals surface area (Å²) in [7, 11) is 1.55. The molecule has 2 aromatic heterocycles. The Morgan fingerprint density at radius 1 is 1.04 bits per heavy atom. The standard InChI is InChI=1S/C32H31F2N7O5/c1-17-3-7-19(8-4-17)31(21-11-13-22(45-2)14-12-21,20-9-5-18(6-10-20)26(35)44)40-27-24-28(39-30(36)38-27)41(16-37-24)29-32(33,34)25(43)23(15-42)46-29/h3-14,16,23,25,29,42-43H,15H2,1-2H3,(H2,35,44)(H3,36,38,39,40)/t23-,25-,29-,31?/m1/s1. The number of imidazole rings is 1. The molecule has 46 heavy (non-hydrogen) atoms. The number of hydrogen-bond acceptors (Lipinski definition) is 10. The van der Waals surface area contributed by atoms with Gasteiger partial charge in [-0.1, -0.05) is 54.1 Å². The van der Waals surface area contributed by atoms with Crippen LogP contribution in [0, 0.1) is 6.92 Å². The van der Waals surface area contributed by atoms with E-state index in [9.17, 15) is 15.0 Å². The molecular formula is C32H31F2N7O5. The third kappa shape index (κ3) is 5.05. The summed E-state index contributed by atoms with van der Waals surface area (Å²) < 4.78 is 42.1. The Kier molecular flexibility index (Phi) is 7.80. The number of ether oxygens (including phenoxy) is 2. The average Bonchev–Trinajstić information content (AvgIpc) is 3.57. The van der Waals surface area contributed by atoms with Crippen molar-refractivity contribution in [3.8, 4) is 5.75 Å². The average molecular weight is 632 g/mol. The first-order valence-corrected chi connectivity index (χ1v) is 14.2. The minimum atomic E-state index is -3.79. The molecule has 1 aliphatic rings. The van der Waals surface area contributed by atoms with E-state index in [1.807, 2.05) is 43.3 Å². The highest BCUT2D eigenvalue weighted by Crippen LogP contribution is 2.45. The molecule has 14 heteroatoms. The van der Waals surface area contributed by atoms with Crippen LogP contribution >= 0.6 is 0 Å². The van der Waals surface area contributed by atoms with Crippen LogP contribution in [-0.4, -0.2) is 67.5 Å². The fourth-order valence-electron chi connectivity index (χ4n) is 5.73. The molecule has 1 saturated heterocycles. The molecule has 3 aromatic carbocycles. The van der Waals surface area contributed by atoms with E-state index in [2.05, 4.69) is 20.3 Å². The Morgan fingerprint density at radius 3 is 2.17 bits per heavy atom. The number of primary amides is 1. The van der Waals surface area contributed by atoms with E-state index in [0.29, 0.717) is 22.4 Å². The van der Waals surface area contributed by atoms with Gasteiger partial charge < -0.3 is 36.5 Å². The highest BCUT2D eigenvalue weighted by atomic mass is 19.3. The zero-order valence-corrected chi connectivity index (χ0v) is 24.8.